The van der Waals surface area contributed by atoms with Crippen molar-refractivity contribution in [3.05, 3.63) is 65.7 Å². The van der Waals surface area contributed by atoms with Gasteiger partial charge in [-0.2, -0.15) is 10.4 Å². The highest BCUT2D eigenvalue weighted by molar-refractivity contribution is 14.0. The standard InChI is InChI=1S/C23H29N7O2.HI/c1-26-23(28-13-7-14-31-17-19-10-6-15-32-19)27-12-5-11-21-20(16-24)22(25)30(29-21)18-8-3-2-4-9-18;/h2-4,6,8-10,15H,5,7,11-14,17,25H2,1H3,(H2,26,27,28);1H. The number of nitrogens with one attached hydrogen (secondary N) is 2. The van der Waals surface area contributed by atoms with E-state index in [0.29, 0.717) is 43.3 Å². The largest absolute Gasteiger partial charge is 0.467 e. The van der Waals surface area contributed by atoms with Crippen molar-refractivity contribution < 1.29 is 9.15 Å². The van der Waals surface area contributed by atoms with Crippen LogP contribution >= 0.6 is 24.0 Å². The van der Waals surface area contributed by atoms with E-state index in [4.69, 9.17) is 14.9 Å². The lowest BCUT2D eigenvalue weighted by Gasteiger charge is -2.11. The second-order valence-corrected chi connectivity index (χ2v) is 7.08. The zero-order chi connectivity index (χ0) is 22.6. The van der Waals surface area contributed by atoms with Crippen molar-refractivity contribution in [2.24, 2.45) is 4.99 Å². The van der Waals surface area contributed by atoms with Crippen LogP contribution in [0.25, 0.3) is 5.69 Å². The van der Waals surface area contributed by atoms with Crippen LogP contribution in [0.4, 0.5) is 5.82 Å². The molecule has 9 nitrogen and oxygen atoms in total. The molecule has 0 saturated heterocycles. The molecule has 0 amide bonds. The predicted octanol–water partition coefficient (Wildman–Crippen LogP) is 3.24. The minimum atomic E-state index is 0. The highest BCUT2D eigenvalue weighted by Gasteiger charge is 2.16. The van der Waals surface area contributed by atoms with E-state index in [9.17, 15) is 5.26 Å². The second-order valence-electron chi connectivity index (χ2n) is 7.08. The number of benzene rings is 1. The van der Waals surface area contributed by atoms with Crippen molar-refractivity contribution in [1.82, 2.24) is 20.4 Å². The number of anilines is 1. The summed E-state index contributed by atoms with van der Waals surface area (Å²) in [6.45, 7) is 2.55. The zero-order valence-corrected chi connectivity index (χ0v) is 21.0. The first kappa shape index (κ1) is 26.2. The zero-order valence-electron chi connectivity index (χ0n) is 18.7. The van der Waals surface area contributed by atoms with Crippen molar-refractivity contribution in [3.8, 4) is 11.8 Å². The Balaban J connectivity index is 0.00000385. The summed E-state index contributed by atoms with van der Waals surface area (Å²) in [6, 6.07) is 15.5. The van der Waals surface area contributed by atoms with Crippen molar-refractivity contribution >= 4 is 35.8 Å². The third-order valence-corrected chi connectivity index (χ3v) is 4.79. The Bertz CT molecular complexity index is 1030. The summed E-state index contributed by atoms with van der Waals surface area (Å²) >= 11 is 0. The van der Waals surface area contributed by atoms with Crippen molar-refractivity contribution in [3.63, 3.8) is 0 Å². The van der Waals surface area contributed by atoms with Gasteiger partial charge in [-0.05, 0) is 43.5 Å². The van der Waals surface area contributed by atoms with E-state index >= 15 is 0 Å². The van der Waals surface area contributed by atoms with Gasteiger partial charge in [-0.25, -0.2) is 4.68 Å². The number of hydrogen-bond acceptors (Lipinski definition) is 6. The van der Waals surface area contributed by atoms with Crippen molar-refractivity contribution in [2.45, 2.75) is 25.9 Å². The van der Waals surface area contributed by atoms with E-state index in [-0.39, 0.29) is 24.0 Å². The smallest absolute Gasteiger partial charge is 0.190 e. The number of halogens is 1. The highest BCUT2D eigenvalue weighted by Crippen LogP contribution is 2.21. The molecule has 176 valence electrons. The number of aliphatic imine (C=N–C) groups is 1. The first-order valence-electron chi connectivity index (χ1n) is 10.6. The summed E-state index contributed by atoms with van der Waals surface area (Å²) in [5, 5.41) is 20.6. The maximum absolute atomic E-state index is 9.51. The average molecular weight is 563 g/mol. The summed E-state index contributed by atoms with van der Waals surface area (Å²) in [7, 11) is 1.73. The number of hydrogen-bond donors (Lipinski definition) is 3. The summed E-state index contributed by atoms with van der Waals surface area (Å²) < 4.78 is 12.4. The quantitative estimate of drug-likeness (QED) is 0.142. The van der Waals surface area contributed by atoms with Gasteiger partial charge in [0.15, 0.2) is 5.96 Å². The summed E-state index contributed by atoms with van der Waals surface area (Å²) in [5.74, 6) is 1.92. The number of ether oxygens (including phenoxy) is 1. The van der Waals surface area contributed by atoms with Gasteiger partial charge < -0.3 is 25.5 Å². The molecule has 4 N–H and O–H groups in total. The molecule has 0 fully saturated rings. The number of nitrogens with two attached hydrogens (primary N) is 1. The maximum Gasteiger partial charge on any atom is 0.190 e. The lowest BCUT2D eigenvalue weighted by molar-refractivity contribution is 0.105. The Morgan fingerprint density at radius 1 is 1.18 bits per heavy atom. The first-order valence-corrected chi connectivity index (χ1v) is 10.6. The minimum absolute atomic E-state index is 0. The molecule has 3 rings (SSSR count). The van der Waals surface area contributed by atoms with E-state index in [1.807, 2.05) is 42.5 Å². The fraction of sp³-hybridized carbons (Fsp3) is 0.348. The fourth-order valence-corrected chi connectivity index (χ4v) is 3.17. The van der Waals surface area contributed by atoms with Gasteiger partial charge in [-0.3, -0.25) is 4.99 Å². The fourth-order valence-electron chi connectivity index (χ4n) is 3.17. The van der Waals surface area contributed by atoms with E-state index in [1.165, 1.54) is 0 Å². The lowest BCUT2D eigenvalue weighted by atomic mass is 10.1. The molecular weight excluding hydrogens is 533 g/mol. The average Bonchev–Trinajstić information content (AvgIpc) is 3.45. The van der Waals surface area contributed by atoms with Crippen LogP contribution in [0.15, 0.2) is 58.1 Å². The Morgan fingerprint density at radius 3 is 2.61 bits per heavy atom. The van der Waals surface area contributed by atoms with Crippen LogP contribution in [-0.2, 0) is 17.8 Å². The monoisotopic (exact) mass is 563 g/mol. The first-order chi connectivity index (χ1) is 15.7. The number of aryl methyl sites for hydroxylation is 1. The molecule has 0 aliphatic carbocycles. The molecule has 0 aliphatic heterocycles. The maximum atomic E-state index is 9.51. The minimum Gasteiger partial charge on any atom is -0.467 e. The number of nitriles is 1. The second kappa shape index (κ2) is 14.2. The van der Waals surface area contributed by atoms with E-state index < -0.39 is 0 Å². The third-order valence-electron chi connectivity index (χ3n) is 4.79. The lowest BCUT2D eigenvalue weighted by Crippen LogP contribution is -2.38. The van der Waals surface area contributed by atoms with Crippen molar-refractivity contribution in [1.29, 1.82) is 5.26 Å². The Hall–Kier alpha value is -3.04. The van der Waals surface area contributed by atoms with Crippen LogP contribution in [0.5, 0.6) is 0 Å². The molecule has 0 radical (unpaired) electrons. The Morgan fingerprint density at radius 2 is 1.94 bits per heavy atom. The molecule has 2 heterocycles. The number of aromatic nitrogens is 2. The van der Waals surface area contributed by atoms with Gasteiger partial charge in [0.25, 0.3) is 0 Å². The predicted molar refractivity (Wildman–Crippen MR) is 139 cm³/mol. The van der Waals surface area contributed by atoms with Crippen LogP contribution in [-0.4, -0.2) is 42.5 Å². The molecule has 0 atom stereocenters. The van der Waals surface area contributed by atoms with Gasteiger partial charge in [0.2, 0.25) is 0 Å². The number of nitrogens with zero attached hydrogens (tertiary/aromatic N) is 4. The summed E-state index contributed by atoms with van der Waals surface area (Å²) in [4.78, 5) is 4.23. The molecule has 0 aliphatic rings. The molecular formula is C23H30IN7O2. The van der Waals surface area contributed by atoms with Crippen LogP contribution in [0.3, 0.4) is 0 Å². The molecule has 1 aromatic carbocycles. The third kappa shape index (κ3) is 7.80. The van der Waals surface area contributed by atoms with Gasteiger partial charge in [-0.1, -0.05) is 18.2 Å². The van der Waals surface area contributed by atoms with Gasteiger partial charge in [-0.15, -0.1) is 24.0 Å². The normalized spacial score (nSPS) is 11.0. The molecule has 3 aromatic rings. The van der Waals surface area contributed by atoms with Crippen molar-refractivity contribution in [2.75, 3.05) is 32.5 Å². The number of rotatable bonds is 11. The number of guanidine groups is 1. The molecule has 0 saturated carbocycles. The highest BCUT2D eigenvalue weighted by atomic mass is 127. The molecule has 33 heavy (non-hydrogen) atoms. The van der Waals surface area contributed by atoms with E-state index in [1.54, 1.807) is 18.0 Å². The van der Waals surface area contributed by atoms with E-state index in [0.717, 1.165) is 36.8 Å². The summed E-state index contributed by atoms with van der Waals surface area (Å²) in [6.07, 6.45) is 3.91. The van der Waals surface area contributed by atoms with Crippen LogP contribution < -0.4 is 16.4 Å². The van der Waals surface area contributed by atoms with Crippen LogP contribution in [0.2, 0.25) is 0 Å². The SMILES string of the molecule is CN=C(NCCCOCc1ccco1)NCCCc1nn(-c2ccccc2)c(N)c1C#N.I. The van der Waals surface area contributed by atoms with Gasteiger partial charge in [0, 0.05) is 26.7 Å². The van der Waals surface area contributed by atoms with Crippen LogP contribution in [0.1, 0.15) is 29.9 Å². The van der Waals surface area contributed by atoms with Gasteiger partial charge >= 0.3 is 0 Å². The molecule has 0 bridgehead atoms. The molecule has 0 spiro atoms. The van der Waals surface area contributed by atoms with Crippen LogP contribution in [0, 0.1) is 11.3 Å². The molecule has 2 aromatic heterocycles. The molecule has 0 unspecified atom stereocenters. The topological polar surface area (TPSA) is 126 Å². The number of furan rings is 1. The van der Waals surface area contributed by atoms with Gasteiger partial charge in [0.1, 0.15) is 29.8 Å². The summed E-state index contributed by atoms with van der Waals surface area (Å²) in [5.41, 5.74) is 8.13. The number of nitrogen functional groups attached to an aromatic ring is 1. The van der Waals surface area contributed by atoms with Gasteiger partial charge in [0.05, 0.1) is 17.6 Å². The number of para-hydroxylation sites is 1. The van der Waals surface area contributed by atoms with E-state index in [2.05, 4.69) is 26.8 Å². The Kier molecular flexibility index (Phi) is 11.3. The Labute approximate surface area is 211 Å². The molecule has 10 heteroatoms.